The molecule has 2 heterocycles. The smallest absolute Gasteiger partial charge is 0.229 e. The van der Waals surface area contributed by atoms with E-state index in [9.17, 15) is 4.79 Å². The number of nitrogens with one attached hydrogen (secondary N) is 1. The standard InChI is InChI=1S/C18H18ClN3O2S/c1-10-4-5-13(8-11(10)2)15-9-25-18(20-15)21-16(23)7-6-14-12(3)22-24-17(14)19/h4-5,8-9H,6-7H2,1-3H3,(H,20,21,23). The van der Waals surface area contributed by atoms with Crippen LogP contribution in [0.25, 0.3) is 11.3 Å². The van der Waals surface area contributed by atoms with Crippen LogP contribution in [0.15, 0.2) is 28.1 Å². The van der Waals surface area contributed by atoms with Crippen LogP contribution in [0.3, 0.4) is 0 Å². The van der Waals surface area contributed by atoms with E-state index >= 15 is 0 Å². The second-order valence-electron chi connectivity index (χ2n) is 5.91. The van der Waals surface area contributed by atoms with Crippen LogP contribution >= 0.6 is 22.9 Å². The highest BCUT2D eigenvalue weighted by atomic mass is 35.5. The highest BCUT2D eigenvalue weighted by Gasteiger charge is 2.14. The molecule has 3 rings (SSSR count). The molecule has 130 valence electrons. The summed E-state index contributed by atoms with van der Waals surface area (Å²) in [5, 5.41) is 9.39. The first-order chi connectivity index (χ1) is 11.9. The van der Waals surface area contributed by atoms with E-state index in [1.165, 1.54) is 22.5 Å². The lowest BCUT2D eigenvalue weighted by Crippen LogP contribution is -2.12. The molecule has 0 saturated carbocycles. The van der Waals surface area contributed by atoms with Crippen molar-refractivity contribution >= 4 is 34.0 Å². The number of aryl methyl sites for hydroxylation is 3. The highest BCUT2D eigenvalue weighted by molar-refractivity contribution is 7.14. The van der Waals surface area contributed by atoms with Crippen LogP contribution in [0.1, 0.15) is 28.8 Å². The number of hydrogen-bond donors (Lipinski definition) is 1. The average molecular weight is 376 g/mol. The van der Waals surface area contributed by atoms with Gasteiger partial charge < -0.3 is 9.84 Å². The zero-order valence-corrected chi connectivity index (χ0v) is 15.8. The van der Waals surface area contributed by atoms with Crippen LogP contribution in [-0.4, -0.2) is 16.0 Å². The van der Waals surface area contributed by atoms with Gasteiger partial charge in [-0.15, -0.1) is 11.3 Å². The van der Waals surface area contributed by atoms with Crippen molar-refractivity contribution in [3.05, 3.63) is 51.2 Å². The summed E-state index contributed by atoms with van der Waals surface area (Å²) in [4.78, 5) is 16.6. The molecule has 7 heteroatoms. The van der Waals surface area contributed by atoms with Gasteiger partial charge in [-0.05, 0) is 56.0 Å². The van der Waals surface area contributed by atoms with E-state index in [-0.39, 0.29) is 11.1 Å². The van der Waals surface area contributed by atoms with Gasteiger partial charge in [0.2, 0.25) is 11.1 Å². The molecule has 0 aliphatic heterocycles. The number of benzene rings is 1. The number of halogens is 1. The SMILES string of the molecule is Cc1ccc(-c2csc(NC(=O)CCc3c(C)noc3Cl)n2)cc1C. The highest BCUT2D eigenvalue weighted by Crippen LogP contribution is 2.27. The first-order valence-electron chi connectivity index (χ1n) is 7.87. The third-order valence-electron chi connectivity index (χ3n) is 4.09. The van der Waals surface area contributed by atoms with Crippen molar-refractivity contribution in [1.82, 2.24) is 10.1 Å². The molecule has 0 unspecified atom stereocenters. The zero-order valence-electron chi connectivity index (χ0n) is 14.2. The second kappa shape index (κ2) is 7.37. The molecular formula is C18H18ClN3O2S. The Hall–Kier alpha value is -2.18. The fourth-order valence-electron chi connectivity index (χ4n) is 2.42. The van der Waals surface area contributed by atoms with Crippen LogP contribution in [0.5, 0.6) is 0 Å². The van der Waals surface area contributed by atoms with Crippen LogP contribution in [0.2, 0.25) is 5.22 Å². The van der Waals surface area contributed by atoms with Gasteiger partial charge in [-0.3, -0.25) is 4.79 Å². The quantitative estimate of drug-likeness (QED) is 0.685. The van der Waals surface area contributed by atoms with E-state index < -0.39 is 0 Å². The molecule has 1 aromatic carbocycles. The predicted molar refractivity (Wildman–Crippen MR) is 100 cm³/mol. The maximum atomic E-state index is 12.1. The zero-order chi connectivity index (χ0) is 18.0. The molecular weight excluding hydrogens is 358 g/mol. The number of amides is 1. The first kappa shape index (κ1) is 17.6. The van der Waals surface area contributed by atoms with Gasteiger partial charge in [-0.25, -0.2) is 4.98 Å². The van der Waals surface area contributed by atoms with Crippen molar-refractivity contribution in [1.29, 1.82) is 0 Å². The minimum absolute atomic E-state index is 0.113. The summed E-state index contributed by atoms with van der Waals surface area (Å²) in [5.41, 5.74) is 5.86. The van der Waals surface area contributed by atoms with Crippen molar-refractivity contribution < 1.29 is 9.32 Å². The van der Waals surface area contributed by atoms with E-state index in [2.05, 4.69) is 41.4 Å². The normalized spacial score (nSPS) is 10.9. The summed E-state index contributed by atoms with van der Waals surface area (Å²) in [6.07, 6.45) is 0.774. The van der Waals surface area contributed by atoms with Crippen LogP contribution in [0.4, 0.5) is 5.13 Å². The van der Waals surface area contributed by atoms with E-state index in [4.69, 9.17) is 16.1 Å². The largest absolute Gasteiger partial charge is 0.344 e. The summed E-state index contributed by atoms with van der Waals surface area (Å²) in [6, 6.07) is 6.22. The lowest BCUT2D eigenvalue weighted by molar-refractivity contribution is -0.116. The van der Waals surface area contributed by atoms with Gasteiger partial charge in [0, 0.05) is 22.9 Å². The van der Waals surface area contributed by atoms with Gasteiger partial charge in [0.1, 0.15) is 0 Å². The van der Waals surface area contributed by atoms with Crippen molar-refractivity contribution in [2.75, 3.05) is 5.32 Å². The molecule has 0 spiro atoms. The summed E-state index contributed by atoms with van der Waals surface area (Å²) >= 11 is 7.32. The number of nitrogens with zero attached hydrogens (tertiary/aromatic N) is 2. The number of thiazole rings is 1. The second-order valence-corrected chi connectivity index (χ2v) is 7.11. The van der Waals surface area contributed by atoms with Crippen molar-refractivity contribution in [3.63, 3.8) is 0 Å². The Balaban J connectivity index is 1.63. The summed E-state index contributed by atoms with van der Waals surface area (Å²) in [6.45, 7) is 5.96. The molecule has 1 N–H and O–H groups in total. The Labute approximate surface area is 155 Å². The molecule has 0 aliphatic rings. The molecule has 0 fully saturated rings. The van der Waals surface area contributed by atoms with Crippen molar-refractivity contribution in [2.45, 2.75) is 33.6 Å². The Kier molecular flexibility index (Phi) is 5.20. The molecule has 0 radical (unpaired) electrons. The molecule has 5 nitrogen and oxygen atoms in total. The molecule has 0 atom stereocenters. The fourth-order valence-corrected chi connectivity index (χ4v) is 3.43. The number of carbonyl (C=O) groups excluding carboxylic acids is 1. The molecule has 3 aromatic rings. The first-order valence-corrected chi connectivity index (χ1v) is 9.13. The molecule has 1 amide bonds. The molecule has 0 aliphatic carbocycles. The van der Waals surface area contributed by atoms with Crippen molar-refractivity contribution in [2.24, 2.45) is 0 Å². The Morgan fingerprint density at radius 3 is 2.76 bits per heavy atom. The Morgan fingerprint density at radius 2 is 2.08 bits per heavy atom. The summed E-state index contributed by atoms with van der Waals surface area (Å²) in [7, 11) is 0. The van der Waals surface area contributed by atoms with E-state index in [0.717, 1.165) is 16.8 Å². The maximum absolute atomic E-state index is 12.1. The summed E-state index contributed by atoms with van der Waals surface area (Å²) < 4.78 is 4.89. The topological polar surface area (TPSA) is 68.0 Å². The van der Waals surface area contributed by atoms with E-state index in [1.807, 2.05) is 11.4 Å². The molecule has 25 heavy (non-hydrogen) atoms. The predicted octanol–water partition coefficient (Wildman–Crippen LogP) is 4.95. The number of aromatic nitrogens is 2. The maximum Gasteiger partial charge on any atom is 0.229 e. The van der Waals surface area contributed by atoms with E-state index in [1.54, 1.807) is 6.92 Å². The van der Waals surface area contributed by atoms with Gasteiger partial charge in [-0.1, -0.05) is 17.3 Å². The number of carbonyl (C=O) groups is 1. The minimum atomic E-state index is -0.113. The van der Waals surface area contributed by atoms with Crippen LogP contribution in [0, 0.1) is 20.8 Å². The Bertz CT molecular complexity index is 897. The monoisotopic (exact) mass is 375 g/mol. The number of rotatable bonds is 5. The molecule has 2 aromatic heterocycles. The van der Waals surface area contributed by atoms with Crippen LogP contribution in [-0.2, 0) is 11.2 Å². The minimum Gasteiger partial charge on any atom is -0.344 e. The molecule has 0 bridgehead atoms. The third-order valence-corrected chi connectivity index (χ3v) is 5.15. The van der Waals surface area contributed by atoms with Gasteiger partial charge in [0.25, 0.3) is 0 Å². The average Bonchev–Trinajstić information content (AvgIpc) is 3.15. The fraction of sp³-hybridized carbons (Fsp3) is 0.278. The third kappa shape index (κ3) is 4.08. The lowest BCUT2D eigenvalue weighted by atomic mass is 10.1. The van der Waals surface area contributed by atoms with Gasteiger partial charge in [-0.2, -0.15) is 0 Å². The van der Waals surface area contributed by atoms with Gasteiger partial charge in [0.15, 0.2) is 5.13 Å². The van der Waals surface area contributed by atoms with Crippen LogP contribution < -0.4 is 5.32 Å². The lowest BCUT2D eigenvalue weighted by Gasteiger charge is -2.03. The van der Waals surface area contributed by atoms with Crippen molar-refractivity contribution in [3.8, 4) is 11.3 Å². The Morgan fingerprint density at radius 1 is 1.28 bits per heavy atom. The number of anilines is 1. The van der Waals surface area contributed by atoms with E-state index in [0.29, 0.717) is 23.7 Å². The van der Waals surface area contributed by atoms with Gasteiger partial charge in [0.05, 0.1) is 11.4 Å². The summed E-state index contributed by atoms with van der Waals surface area (Å²) in [5.74, 6) is -0.113. The molecule has 0 saturated heterocycles. The number of hydrogen-bond acceptors (Lipinski definition) is 5. The van der Waals surface area contributed by atoms with Gasteiger partial charge >= 0.3 is 0 Å².